The summed E-state index contributed by atoms with van der Waals surface area (Å²) in [6, 6.07) is 21.1. The fraction of sp³-hybridized carbons (Fsp3) is 0.167. The van der Waals surface area contributed by atoms with E-state index in [1.807, 2.05) is 54.6 Å². The quantitative estimate of drug-likeness (QED) is 0.430. The number of hydroxylamine groups is 1. The van der Waals surface area contributed by atoms with Crippen LogP contribution in [0.1, 0.15) is 22.8 Å². The van der Waals surface area contributed by atoms with Crippen LogP contribution in [0.3, 0.4) is 0 Å². The predicted molar refractivity (Wildman–Crippen MR) is 119 cm³/mol. The van der Waals surface area contributed by atoms with Gasteiger partial charge < -0.3 is 15.0 Å². The number of benzene rings is 3. The topological polar surface area (TPSA) is 95.6 Å². The number of carbonyl (C=O) groups is 2. The molecule has 31 heavy (non-hydrogen) atoms. The highest BCUT2D eigenvalue weighted by Gasteiger charge is 2.20. The van der Waals surface area contributed by atoms with Crippen LogP contribution in [-0.4, -0.2) is 29.6 Å². The summed E-state index contributed by atoms with van der Waals surface area (Å²) in [4.78, 5) is 29.1. The number of rotatable bonds is 8. The molecule has 0 aliphatic heterocycles. The van der Waals surface area contributed by atoms with Crippen LogP contribution in [0.15, 0.2) is 66.7 Å². The van der Waals surface area contributed by atoms with E-state index in [4.69, 9.17) is 15.3 Å². The van der Waals surface area contributed by atoms with E-state index in [1.165, 1.54) is 0 Å². The second-order valence-electron chi connectivity index (χ2n) is 7.03. The van der Waals surface area contributed by atoms with Gasteiger partial charge in [-0.15, -0.1) is 0 Å². The van der Waals surface area contributed by atoms with Crippen LogP contribution >= 0.6 is 0 Å². The molecule has 3 N–H and O–H groups in total. The molecule has 0 radical (unpaired) electrons. The summed E-state index contributed by atoms with van der Waals surface area (Å²) >= 11 is 0. The molecule has 0 bridgehead atoms. The molecule has 4 aromatic rings. The van der Waals surface area contributed by atoms with E-state index in [0.717, 1.165) is 22.0 Å². The second kappa shape index (κ2) is 8.89. The lowest BCUT2D eigenvalue weighted by Gasteiger charge is -2.10. The third kappa shape index (κ3) is 4.08. The van der Waals surface area contributed by atoms with E-state index in [0.29, 0.717) is 29.9 Å². The van der Waals surface area contributed by atoms with Crippen LogP contribution in [0.25, 0.3) is 21.8 Å². The number of aromatic nitrogens is 1. The smallest absolute Gasteiger partial charge is 0.281 e. The number of carbonyl (C=O) groups excluding carboxylic acids is 2. The van der Waals surface area contributed by atoms with Gasteiger partial charge in [-0.25, -0.2) is 5.48 Å². The summed E-state index contributed by atoms with van der Waals surface area (Å²) in [7, 11) is 0. The molecule has 1 heterocycles. The van der Waals surface area contributed by atoms with Crippen molar-refractivity contribution in [3.05, 3.63) is 77.9 Å². The zero-order valence-corrected chi connectivity index (χ0v) is 17.1. The van der Waals surface area contributed by atoms with E-state index < -0.39 is 11.8 Å². The maximum atomic E-state index is 12.2. The Morgan fingerprint density at radius 2 is 1.65 bits per heavy atom. The molecule has 3 aromatic carbocycles. The molecule has 1 aromatic heterocycles. The van der Waals surface area contributed by atoms with Crippen LogP contribution in [0, 0.1) is 0 Å². The summed E-state index contributed by atoms with van der Waals surface area (Å²) in [6.07, 6.45) is 0. The van der Waals surface area contributed by atoms with Gasteiger partial charge in [0.25, 0.3) is 5.91 Å². The first-order valence-corrected chi connectivity index (χ1v) is 10.0. The lowest BCUT2D eigenvalue weighted by molar-refractivity contribution is -0.135. The summed E-state index contributed by atoms with van der Waals surface area (Å²) < 4.78 is 7.95. The van der Waals surface area contributed by atoms with E-state index >= 15 is 0 Å². The maximum absolute atomic E-state index is 12.2. The Morgan fingerprint density at radius 3 is 2.35 bits per heavy atom. The Labute approximate surface area is 179 Å². The standard InChI is InChI=1S/C24H23N3O4/c1-2-31-26-21(28)15-30-20-13-7-12-19-23(20)22-17(24(25)29)10-6-11-18(22)27(19)14-16-8-4-3-5-9-16/h3-13H,2,14-15H2,1H3,(H2,25,29)(H,26,28). The Kier molecular flexibility index (Phi) is 5.86. The van der Waals surface area contributed by atoms with E-state index in [-0.39, 0.29) is 6.61 Å². The third-order valence-electron chi connectivity index (χ3n) is 5.02. The number of fused-ring (bicyclic) bond motifs is 3. The van der Waals surface area contributed by atoms with Gasteiger partial charge in [0.1, 0.15) is 5.75 Å². The molecule has 7 heteroatoms. The first-order chi connectivity index (χ1) is 15.1. The van der Waals surface area contributed by atoms with E-state index in [9.17, 15) is 9.59 Å². The molecule has 4 rings (SSSR count). The molecular formula is C24H23N3O4. The molecule has 2 amide bonds. The number of ether oxygens (including phenoxy) is 1. The first kappa shape index (κ1) is 20.4. The van der Waals surface area contributed by atoms with Gasteiger partial charge in [-0.05, 0) is 36.8 Å². The summed E-state index contributed by atoms with van der Waals surface area (Å²) in [6.45, 7) is 2.52. The van der Waals surface area contributed by atoms with E-state index in [2.05, 4.69) is 10.0 Å². The maximum Gasteiger partial charge on any atom is 0.281 e. The van der Waals surface area contributed by atoms with Crippen molar-refractivity contribution < 1.29 is 19.2 Å². The van der Waals surface area contributed by atoms with Gasteiger partial charge in [-0.3, -0.25) is 14.4 Å². The minimum absolute atomic E-state index is 0.219. The second-order valence-corrected chi connectivity index (χ2v) is 7.03. The summed E-state index contributed by atoms with van der Waals surface area (Å²) in [5, 5.41) is 1.45. The molecule has 0 spiro atoms. The number of amides is 2. The van der Waals surface area contributed by atoms with Gasteiger partial charge in [-0.2, -0.15) is 0 Å². The molecule has 158 valence electrons. The van der Waals surface area contributed by atoms with Crippen molar-refractivity contribution in [2.45, 2.75) is 13.5 Å². The molecule has 0 atom stereocenters. The van der Waals surface area contributed by atoms with Crippen LogP contribution in [0.5, 0.6) is 5.75 Å². The largest absolute Gasteiger partial charge is 0.483 e. The van der Waals surface area contributed by atoms with Crippen molar-refractivity contribution in [1.29, 1.82) is 0 Å². The van der Waals surface area contributed by atoms with Crippen molar-refractivity contribution in [1.82, 2.24) is 10.0 Å². The minimum Gasteiger partial charge on any atom is -0.483 e. The van der Waals surface area contributed by atoms with Gasteiger partial charge >= 0.3 is 0 Å². The molecular weight excluding hydrogens is 394 g/mol. The lowest BCUT2D eigenvalue weighted by Crippen LogP contribution is -2.29. The Balaban J connectivity index is 1.87. The SMILES string of the molecule is CCONC(=O)COc1cccc2c1c1c(C(N)=O)cccc1n2Cc1ccccc1. The number of nitrogens with one attached hydrogen (secondary N) is 1. The number of nitrogens with two attached hydrogens (primary N) is 1. The fourth-order valence-corrected chi connectivity index (χ4v) is 3.74. The monoisotopic (exact) mass is 417 g/mol. The molecule has 0 saturated heterocycles. The zero-order valence-electron chi connectivity index (χ0n) is 17.1. The van der Waals surface area contributed by atoms with Gasteiger partial charge in [0.15, 0.2) is 6.61 Å². The molecule has 0 fully saturated rings. The number of hydrogen-bond acceptors (Lipinski definition) is 4. The molecule has 7 nitrogen and oxygen atoms in total. The Hall–Kier alpha value is -3.84. The van der Waals surface area contributed by atoms with E-state index in [1.54, 1.807) is 19.1 Å². The van der Waals surface area contributed by atoms with Crippen LogP contribution in [0.2, 0.25) is 0 Å². The van der Waals surface area contributed by atoms with Crippen molar-refractivity contribution in [2.24, 2.45) is 5.73 Å². The normalized spacial score (nSPS) is 11.0. The van der Waals surface area contributed by atoms with Gasteiger partial charge in [-0.1, -0.05) is 42.5 Å². The lowest BCUT2D eigenvalue weighted by atomic mass is 10.1. The van der Waals surface area contributed by atoms with Gasteiger partial charge in [0.05, 0.1) is 23.0 Å². The first-order valence-electron chi connectivity index (χ1n) is 10.0. The third-order valence-corrected chi connectivity index (χ3v) is 5.02. The number of hydrogen-bond donors (Lipinski definition) is 2. The number of nitrogens with zero attached hydrogens (tertiary/aromatic N) is 1. The van der Waals surface area contributed by atoms with Gasteiger partial charge in [0.2, 0.25) is 5.91 Å². The highest BCUT2D eigenvalue weighted by molar-refractivity contribution is 6.19. The highest BCUT2D eigenvalue weighted by atomic mass is 16.7. The zero-order chi connectivity index (χ0) is 21.8. The minimum atomic E-state index is -0.520. The highest BCUT2D eigenvalue weighted by Crippen LogP contribution is 2.38. The predicted octanol–water partition coefficient (Wildman–Crippen LogP) is 3.39. The molecule has 0 unspecified atom stereocenters. The van der Waals surface area contributed by atoms with Crippen LogP contribution in [0.4, 0.5) is 0 Å². The van der Waals surface area contributed by atoms with Crippen LogP contribution in [-0.2, 0) is 16.2 Å². The summed E-state index contributed by atoms with van der Waals surface area (Å²) in [5.74, 6) is -0.426. The fourth-order valence-electron chi connectivity index (χ4n) is 3.74. The van der Waals surface area contributed by atoms with Crippen molar-refractivity contribution >= 4 is 33.6 Å². The Morgan fingerprint density at radius 1 is 0.935 bits per heavy atom. The molecule has 0 saturated carbocycles. The van der Waals surface area contributed by atoms with Gasteiger partial charge in [0, 0.05) is 17.5 Å². The average molecular weight is 417 g/mol. The summed E-state index contributed by atoms with van der Waals surface area (Å²) in [5.41, 5.74) is 11.3. The average Bonchev–Trinajstić information content (AvgIpc) is 3.11. The van der Waals surface area contributed by atoms with Crippen molar-refractivity contribution in [3.8, 4) is 5.75 Å². The Bertz CT molecular complexity index is 1250. The number of primary amides is 1. The van der Waals surface area contributed by atoms with Crippen LogP contribution < -0.4 is 16.0 Å². The van der Waals surface area contributed by atoms with Crippen molar-refractivity contribution in [3.63, 3.8) is 0 Å². The van der Waals surface area contributed by atoms with Crippen molar-refractivity contribution in [2.75, 3.05) is 13.2 Å². The molecule has 0 aliphatic carbocycles. The molecule has 0 aliphatic rings.